The molecule has 1 aliphatic rings. The molecule has 6 nitrogen and oxygen atoms in total. The molecule has 0 saturated carbocycles. The molecular weight excluding hydrogens is 368 g/mol. The highest BCUT2D eigenvalue weighted by Crippen LogP contribution is 2.30. The lowest BCUT2D eigenvalue weighted by molar-refractivity contribution is -0.121. The van der Waals surface area contributed by atoms with E-state index in [1.165, 1.54) is 6.07 Å². The molecule has 3 aromatic rings. The summed E-state index contributed by atoms with van der Waals surface area (Å²) in [4.78, 5) is 37.8. The fraction of sp³-hybridized carbons (Fsp3) is 0.0870. The molecule has 0 aliphatic carbocycles. The van der Waals surface area contributed by atoms with Gasteiger partial charge in [-0.15, -0.1) is 0 Å². The Balaban J connectivity index is 1.55. The van der Waals surface area contributed by atoms with Crippen LogP contribution in [-0.2, 0) is 9.59 Å². The SMILES string of the molecule is O=C(Nc1ccccc1Oc1ccccc1)c1cccc(N2C(=O)CCC2=O)c1. The molecule has 1 fully saturated rings. The smallest absolute Gasteiger partial charge is 0.255 e. The second kappa shape index (κ2) is 7.98. The largest absolute Gasteiger partial charge is 0.455 e. The molecule has 3 amide bonds. The Hall–Kier alpha value is -3.93. The van der Waals surface area contributed by atoms with E-state index in [1.807, 2.05) is 36.4 Å². The van der Waals surface area contributed by atoms with Gasteiger partial charge in [-0.3, -0.25) is 19.3 Å². The minimum absolute atomic E-state index is 0.194. The number of hydrogen-bond donors (Lipinski definition) is 1. The van der Waals surface area contributed by atoms with Crippen LogP contribution in [0.25, 0.3) is 0 Å². The van der Waals surface area contributed by atoms with Gasteiger partial charge in [0.25, 0.3) is 5.91 Å². The number of benzene rings is 3. The van der Waals surface area contributed by atoms with Crippen LogP contribution in [0.5, 0.6) is 11.5 Å². The minimum Gasteiger partial charge on any atom is -0.455 e. The number of anilines is 2. The fourth-order valence-corrected chi connectivity index (χ4v) is 3.12. The molecule has 0 aromatic heterocycles. The standard InChI is InChI=1S/C23H18N2O4/c26-21-13-14-22(27)25(21)17-8-6-7-16(15-17)23(28)24-19-11-4-5-12-20(19)29-18-9-2-1-3-10-18/h1-12,15H,13-14H2,(H,24,28). The van der Waals surface area contributed by atoms with Crippen molar-refractivity contribution in [3.63, 3.8) is 0 Å². The van der Waals surface area contributed by atoms with Crippen molar-refractivity contribution in [1.82, 2.24) is 0 Å². The maximum atomic E-state index is 12.8. The topological polar surface area (TPSA) is 75.7 Å². The van der Waals surface area contributed by atoms with Crippen LogP contribution < -0.4 is 15.0 Å². The van der Waals surface area contributed by atoms with Gasteiger partial charge in [0.05, 0.1) is 11.4 Å². The van der Waals surface area contributed by atoms with E-state index in [0.717, 1.165) is 4.90 Å². The maximum Gasteiger partial charge on any atom is 0.255 e. The van der Waals surface area contributed by atoms with E-state index in [1.54, 1.807) is 36.4 Å². The Morgan fingerprint density at radius 2 is 1.52 bits per heavy atom. The Morgan fingerprint density at radius 1 is 0.828 bits per heavy atom. The Kier molecular flexibility index (Phi) is 5.07. The van der Waals surface area contributed by atoms with Gasteiger partial charge in [-0.05, 0) is 42.5 Å². The number of carbonyl (C=O) groups excluding carboxylic acids is 3. The van der Waals surface area contributed by atoms with Gasteiger partial charge in [0.15, 0.2) is 5.75 Å². The van der Waals surface area contributed by atoms with Crippen molar-refractivity contribution in [2.24, 2.45) is 0 Å². The van der Waals surface area contributed by atoms with Crippen molar-refractivity contribution in [1.29, 1.82) is 0 Å². The van der Waals surface area contributed by atoms with Gasteiger partial charge in [0.2, 0.25) is 11.8 Å². The van der Waals surface area contributed by atoms with E-state index >= 15 is 0 Å². The Labute approximate surface area is 167 Å². The van der Waals surface area contributed by atoms with Crippen molar-refractivity contribution < 1.29 is 19.1 Å². The van der Waals surface area contributed by atoms with E-state index in [0.29, 0.717) is 28.4 Å². The van der Waals surface area contributed by atoms with Crippen LogP contribution in [0.15, 0.2) is 78.9 Å². The zero-order valence-electron chi connectivity index (χ0n) is 15.5. The molecule has 0 radical (unpaired) electrons. The third-order valence-corrected chi connectivity index (χ3v) is 4.52. The monoisotopic (exact) mass is 386 g/mol. The van der Waals surface area contributed by atoms with Crippen molar-refractivity contribution in [3.05, 3.63) is 84.4 Å². The highest BCUT2D eigenvalue weighted by molar-refractivity contribution is 6.20. The summed E-state index contributed by atoms with van der Waals surface area (Å²) >= 11 is 0. The molecule has 6 heteroatoms. The van der Waals surface area contributed by atoms with Crippen LogP contribution >= 0.6 is 0 Å². The van der Waals surface area contributed by atoms with Crippen LogP contribution in [0.3, 0.4) is 0 Å². The molecule has 1 saturated heterocycles. The molecule has 0 spiro atoms. The summed E-state index contributed by atoms with van der Waals surface area (Å²) in [6.07, 6.45) is 0.388. The van der Waals surface area contributed by atoms with Gasteiger partial charge < -0.3 is 10.1 Å². The van der Waals surface area contributed by atoms with Crippen LogP contribution in [0.1, 0.15) is 23.2 Å². The lowest BCUT2D eigenvalue weighted by atomic mass is 10.1. The van der Waals surface area contributed by atoms with E-state index < -0.39 is 0 Å². The molecular formula is C23H18N2O4. The van der Waals surface area contributed by atoms with Crippen molar-refractivity contribution >= 4 is 29.1 Å². The first-order valence-corrected chi connectivity index (χ1v) is 9.21. The number of nitrogens with zero attached hydrogens (tertiary/aromatic N) is 1. The summed E-state index contributed by atoms with van der Waals surface area (Å²) in [5.41, 5.74) is 1.25. The van der Waals surface area contributed by atoms with E-state index in [-0.39, 0.29) is 30.6 Å². The molecule has 3 aromatic carbocycles. The number of ether oxygens (including phenoxy) is 1. The van der Waals surface area contributed by atoms with E-state index in [9.17, 15) is 14.4 Å². The van der Waals surface area contributed by atoms with Gasteiger partial charge in [-0.2, -0.15) is 0 Å². The predicted molar refractivity (Wildman–Crippen MR) is 109 cm³/mol. The molecule has 4 rings (SSSR count). The van der Waals surface area contributed by atoms with E-state index in [4.69, 9.17) is 4.74 Å². The first-order valence-electron chi connectivity index (χ1n) is 9.21. The molecule has 1 N–H and O–H groups in total. The van der Waals surface area contributed by atoms with Crippen LogP contribution in [0.2, 0.25) is 0 Å². The summed E-state index contributed by atoms with van der Waals surface area (Å²) in [5.74, 6) is 0.286. The van der Waals surface area contributed by atoms with Gasteiger partial charge in [-0.25, -0.2) is 0 Å². The zero-order chi connectivity index (χ0) is 20.2. The molecule has 0 atom stereocenters. The molecule has 0 bridgehead atoms. The van der Waals surface area contributed by atoms with Gasteiger partial charge in [-0.1, -0.05) is 36.4 Å². The lowest BCUT2D eigenvalue weighted by Crippen LogP contribution is -2.28. The molecule has 0 unspecified atom stereocenters. The summed E-state index contributed by atoms with van der Waals surface area (Å²) in [6, 6.07) is 22.9. The summed E-state index contributed by atoms with van der Waals surface area (Å²) in [5, 5.41) is 2.83. The molecule has 1 aliphatic heterocycles. The van der Waals surface area contributed by atoms with Crippen LogP contribution in [-0.4, -0.2) is 17.7 Å². The predicted octanol–water partition coefficient (Wildman–Crippen LogP) is 4.38. The van der Waals surface area contributed by atoms with Gasteiger partial charge >= 0.3 is 0 Å². The normalized spacial score (nSPS) is 13.4. The Bertz CT molecular complexity index is 1060. The van der Waals surface area contributed by atoms with Gasteiger partial charge in [0.1, 0.15) is 5.75 Å². The highest BCUT2D eigenvalue weighted by atomic mass is 16.5. The van der Waals surface area contributed by atoms with Crippen molar-refractivity contribution in [2.45, 2.75) is 12.8 Å². The average molecular weight is 386 g/mol. The summed E-state index contributed by atoms with van der Waals surface area (Å²) in [7, 11) is 0. The van der Waals surface area contributed by atoms with Crippen molar-refractivity contribution in [2.75, 3.05) is 10.2 Å². The first kappa shape index (κ1) is 18.4. The Morgan fingerprint density at radius 3 is 2.28 bits per heavy atom. The third kappa shape index (κ3) is 4.01. The van der Waals surface area contributed by atoms with E-state index in [2.05, 4.69) is 5.32 Å². The second-order valence-corrected chi connectivity index (χ2v) is 6.54. The average Bonchev–Trinajstić information content (AvgIpc) is 3.08. The summed E-state index contributed by atoms with van der Waals surface area (Å²) in [6.45, 7) is 0. The zero-order valence-corrected chi connectivity index (χ0v) is 15.5. The molecule has 29 heavy (non-hydrogen) atoms. The second-order valence-electron chi connectivity index (χ2n) is 6.54. The van der Waals surface area contributed by atoms with Crippen molar-refractivity contribution in [3.8, 4) is 11.5 Å². The number of para-hydroxylation sites is 3. The highest BCUT2D eigenvalue weighted by Gasteiger charge is 2.30. The summed E-state index contributed by atoms with van der Waals surface area (Å²) < 4.78 is 5.87. The fourth-order valence-electron chi connectivity index (χ4n) is 3.12. The number of hydrogen-bond acceptors (Lipinski definition) is 4. The quantitative estimate of drug-likeness (QED) is 0.660. The first-order chi connectivity index (χ1) is 14.1. The number of amides is 3. The van der Waals surface area contributed by atoms with Crippen LogP contribution in [0.4, 0.5) is 11.4 Å². The van der Waals surface area contributed by atoms with Gasteiger partial charge in [0, 0.05) is 18.4 Å². The third-order valence-electron chi connectivity index (χ3n) is 4.52. The lowest BCUT2D eigenvalue weighted by Gasteiger charge is -2.15. The molecule has 144 valence electrons. The number of carbonyl (C=O) groups is 3. The minimum atomic E-state index is -0.366. The number of rotatable bonds is 5. The van der Waals surface area contributed by atoms with Crippen LogP contribution in [0, 0.1) is 0 Å². The number of nitrogens with one attached hydrogen (secondary N) is 1. The number of imide groups is 1. The molecule has 1 heterocycles. The maximum absolute atomic E-state index is 12.8.